The Morgan fingerprint density at radius 1 is 1.38 bits per heavy atom. The van der Waals surface area contributed by atoms with Crippen molar-refractivity contribution in [2.24, 2.45) is 5.92 Å². The van der Waals surface area contributed by atoms with Crippen molar-refractivity contribution in [2.45, 2.75) is 64.0 Å². The second-order valence-corrected chi connectivity index (χ2v) is 5.25. The van der Waals surface area contributed by atoms with Crippen molar-refractivity contribution in [1.29, 1.82) is 0 Å². The molecule has 1 rings (SSSR count). The molecule has 1 saturated heterocycles. The van der Waals surface area contributed by atoms with Gasteiger partial charge in [0.25, 0.3) is 0 Å². The predicted molar refractivity (Wildman–Crippen MR) is 57.3 cm³/mol. The van der Waals surface area contributed by atoms with Gasteiger partial charge >= 0.3 is 0 Å². The SMILES string of the molecule is CC(Cl)CC(C)CC1CCC(C)O1. The van der Waals surface area contributed by atoms with Crippen LogP contribution in [0.1, 0.15) is 46.5 Å². The van der Waals surface area contributed by atoms with Crippen molar-refractivity contribution in [2.75, 3.05) is 0 Å². The number of alkyl halides is 1. The van der Waals surface area contributed by atoms with E-state index in [1.54, 1.807) is 0 Å². The van der Waals surface area contributed by atoms with Gasteiger partial charge in [0.2, 0.25) is 0 Å². The standard InChI is InChI=1S/C11H21ClO/c1-8(6-9(2)12)7-11-5-4-10(3)13-11/h8-11H,4-7H2,1-3H3. The van der Waals surface area contributed by atoms with Gasteiger partial charge in [-0.05, 0) is 45.4 Å². The maximum Gasteiger partial charge on any atom is 0.0582 e. The lowest BCUT2D eigenvalue weighted by atomic mass is 9.97. The summed E-state index contributed by atoms with van der Waals surface area (Å²) in [5.74, 6) is 0.697. The summed E-state index contributed by atoms with van der Waals surface area (Å²) in [6, 6.07) is 0. The van der Waals surface area contributed by atoms with Gasteiger partial charge in [-0.25, -0.2) is 0 Å². The number of hydrogen-bond acceptors (Lipinski definition) is 1. The number of halogens is 1. The van der Waals surface area contributed by atoms with Crippen LogP contribution in [0.3, 0.4) is 0 Å². The van der Waals surface area contributed by atoms with Crippen LogP contribution in [0.25, 0.3) is 0 Å². The predicted octanol–water partition coefficient (Wildman–Crippen LogP) is 3.60. The summed E-state index contributed by atoms with van der Waals surface area (Å²) in [7, 11) is 0. The Kier molecular flexibility index (Phi) is 4.54. The third-order valence-corrected chi connectivity index (χ3v) is 2.89. The lowest BCUT2D eigenvalue weighted by Gasteiger charge is -2.17. The van der Waals surface area contributed by atoms with Crippen LogP contribution in [0.4, 0.5) is 0 Å². The third-order valence-electron chi connectivity index (χ3n) is 2.71. The molecule has 78 valence electrons. The monoisotopic (exact) mass is 204 g/mol. The molecule has 0 aliphatic carbocycles. The fourth-order valence-corrected chi connectivity index (χ4v) is 2.46. The van der Waals surface area contributed by atoms with Gasteiger partial charge in [-0.2, -0.15) is 0 Å². The molecule has 0 N–H and O–H groups in total. The van der Waals surface area contributed by atoms with Crippen LogP contribution in [0.15, 0.2) is 0 Å². The van der Waals surface area contributed by atoms with Gasteiger partial charge in [0.15, 0.2) is 0 Å². The van der Waals surface area contributed by atoms with Crippen LogP contribution in [-0.4, -0.2) is 17.6 Å². The van der Waals surface area contributed by atoms with E-state index in [-0.39, 0.29) is 0 Å². The summed E-state index contributed by atoms with van der Waals surface area (Å²) in [6.07, 6.45) is 5.73. The summed E-state index contributed by atoms with van der Waals surface area (Å²) in [6.45, 7) is 6.50. The van der Waals surface area contributed by atoms with Crippen molar-refractivity contribution < 1.29 is 4.74 Å². The van der Waals surface area contributed by atoms with Crippen LogP contribution in [-0.2, 0) is 4.74 Å². The Morgan fingerprint density at radius 3 is 2.54 bits per heavy atom. The van der Waals surface area contributed by atoms with Gasteiger partial charge in [0.1, 0.15) is 0 Å². The van der Waals surface area contributed by atoms with Crippen LogP contribution < -0.4 is 0 Å². The quantitative estimate of drug-likeness (QED) is 0.636. The second kappa shape index (κ2) is 5.21. The summed E-state index contributed by atoms with van der Waals surface area (Å²) in [5, 5.41) is 0.300. The van der Waals surface area contributed by atoms with Gasteiger partial charge in [-0.3, -0.25) is 0 Å². The highest BCUT2D eigenvalue weighted by Gasteiger charge is 2.23. The van der Waals surface area contributed by atoms with Crippen LogP contribution in [0, 0.1) is 5.92 Å². The van der Waals surface area contributed by atoms with Crippen molar-refractivity contribution in [1.82, 2.24) is 0 Å². The van der Waals surface area contributed by atoms with E-state index in [2.05, 4.69) is 20.8 Å². The lowest BCUT2D eigenvalue weighted by molar-refractivity contribution is 0.0417. The smallest absolute Gasteiger partial charge is 0.0582 e. The highest BCUT2D eigenvalue weighted by molar-refractivity contribution is 6.20. The average Bonchev–Trinajstić information content (AvgIpc) is 2.33. The Morgan fingerprint density at radius 2 is 2.08 bits per heavy atom. The molecule has 1 nitrogen and oxygen atoms in total. The fraction of sp³-hybridized carbons (Fsp3) is 1.00. The molecule has 0 aromatic rings. The number of hydrogen-bond donors (Lipinski definition) is 0. The Hall–Kier alpha value is 0.250. The van der Waals surface area contributed by atoms with E-state index >= 15 is 0 Å². The molecule has 0 radical (unpaired) electrons. The van der Waals surface area contributed by atoms with Crippen LogP contribution in [0.5, 0.6) is 0 Å². The number of rotatable bonds is 4. The normalized spacial score (nSPS) is 33.2. The molecule has 0 bridgehead atoms. The minimum Gasteiger partial charge on any atom is -0.375 e. The van der Waals surface area contributed by atoms with Crippen LogP contribution >= 0.6 is 11.6 Å². The molecule has 13 heavy (non-hydrogen) atoms. The molecular formula is C11H21ClO. The van der Waals surface area contributed by atoms with Gasteiger partial charge < -0.3 is 4.74 Å². The molecule has 1 aliphatic heterocycles. The van der Waals surface area contributed by atoms with Gasteiger partial charge in [0.05, 0.1) is 12.2 Å². The molecule has 4 unspecified atom stereocenters. The van der Waals surface area contributed by atoms with E-state index in [9.17, 15) is 0 Å². The molecular weight excluding hydrogens is 184 g/mol. The zero-order valence-electron chi connectivity index (χ0n) is 8.92. The third kappa shape index (κ3) is 4.33. The topological polar surface area (TPSA) is 9.23 Å². The summed E-state index contributed by atoms with van der Waals surface area (Å²) in [4.78, 5) is 0. The fourth-order valence-electron chi connectivity index (χ4n) is 2.16. The first-order chi connectivity index (χ1) is 6.08. The van der Waals surface area contributed by atoms with Gasteiger partial charge in [-0.1, -0.05) is 6.92 Å². The van der Waals surface area contributed by atoms with E-state index in [4.69, 9.17) is 16.3 Å². The molecule has 1 heterocycles. The molecule has 4 atom stereocenters. The maximum atomic E-state index is 5.95. The molecule has 1 aliphatic rings. The molecule has 0 saturated carbocycles. The largest absolute Gasteiger partial charge is 0.375 e. The van der Waals surface area contributed by atoms with E-state index in [1.165, 1.54) is 19.3 Å². The van der Waals surface area contributed by atoms with Crippen molar-refractivity contribution in [3.8, 4) is 0 Å². The van der Waals surface area contributed by atoms with E-state index in [1.807, 2.05) is 0 Å². The Bertz CT molecular complexity index is 147. The Balaban J connectivity index is 2.16. The van der Waals surface area contributed by atoms with Gasteiger partial charge in [-0.15, -0.1) is 11.6 Å². The number of ether oxygens (including phenoxy) is 1. The molecule has 0 aromatic carbocycles. The van der Waals surface area contributed by atoms with E-state index in [0.717, 1.165) is 6.42 Å². The van der Waals surface area contributed by atoms with Crippen molar-refractivity contribution >= 4 is 11.6 Å². The average molecular weight is 205 g/mol. The molecule has 1 fully saturated rings. The first kappa shape index (κ1) is 11.3. The highest BCUT2D eigenvalue weighted by atomic mass is 35.5. The van der Waals surface area contributed by atoms with Gasteiger partial charge in [0, 0.05) is 5.38 Å². The zero-order valence-corrected chi connectivity index (χ0v) is 9.68. The summed E-state index contributed by atoms with van der Waals surface area (Å²) in [5.41, 5.74) is 0. The van der Waals surface area contributed by atoms with Crippen molar-refractivity contribution in [3.63, 3.8) is 0 Å². The minimum atomic E-state index is 0.300. The maximum absolute atomic E-state index is 5.95. The first-order valence-corrected chi connectivity index (χ1v) is 5.81. The van der Waals surface area contributed by atoms with E-state index in [0.29, 0.717) is 23.5 Å². The van der Waals surface area contributed by atoms with Crippen LogP contribution in [0.2, 0.25) is 0 Å². The molecule has 0 amide bonds. The zero-order chi connectivity index (χ0) is 9.84. The molecule has 2 heteroatoms. The first-order valence-electron chi connectivity index (χ1n) is 5.37. The lowest BCUT2D eigenvalue weighted by Crippen LogP contribution is -2.14. The minimum absolute atomic E-state index is 0.300. The molecule has 0 spiro atoms. The van der Waals surface area contributed by atoms with Crippen molar-refractivity contribution in [3.05, 3.63) is 0 Å². The summed E-state index contributed by atoms with van der Waals surface area (Å²) >= 11 is 5.95. The van der Waals surface area contributed by atoms with E-state index < -0.39 is 0 Å². The Labute approximate surface area is 86.8 Å². The molecule has 0 aromatic heterocycles. The second-order valence-electron chi connectivity index (χ2n) is 4.50. The summed E-state index contributed by atoms with van der Waals surface area (Å²) < 4.78 is 5.77. The highest BCUT2D eigenvalue weighted by Crippen LogP contribution is 2.26.